The number of hydrogen-bond acceptors (Lipinski definition) is 3. The van der Waals surface area contributed by atoms with E-state index in [-0.39, 0.29) is 0 Å². The van der Waals surface area contributed by atoms with Gasteiger partial charge >= 0.3 is 0 Å². The van der Waals surface area contributed by atoms with Crippen molar-refractivity contribution in [3.63, 3.8) is 0 Å². The van der Waals surface area contributed by atoms with E-state index >= 15 is 0 Å². The van der Waals surface area contributed by atoms with Crippen LogP contribution < -0.4 is 5.32 Å². The Labute approximate surface area is 98.9 Å². The van der Waals surface area contributed by atoms with Crippen LogP contribution in [0.5, 0.6) is 0 Å². The zero-order valence-corrected chi connectivity index (χ0v) is 9.89. The lowest BCUT2D eigenvalue weighted by atomic mass is 10.1. The van der Waals surface area contributed by atoms with Crippen molar-refractivity contribution in [3.8, 4) is 10.6 Å². The van der Waals surface area contributed by atoms with Crippen molar-refractivity contribution in [1.82, 2.24) is 15.3 Å². The third-order valence-electron chi connectivity index (χ3n) is 3.02. The van der Waals surface area contributed by atoms with Crippen molar-refractivity contribution in [3.05, 3.63) is 29.5 Å². The van der Waals surface area contributed by atoms with Gasteiger partial charge in [0.1, 0.15) is 5.82 Å². The Hall–Kier alpha value is -1.13. The van der Waals surface area contributed by atoms with Gasteiger partial charge in [0.05, 0.1) is 16.8 Å². The Morgan fingerprint density at radius 1 is 1.50 bits per heavy atom. The molecule has 0 spiro atoms. The first kappa shape index (κ1) is 10.1. The van der Waals surface area contributed by atoms with Crippen molar-refractivity contribution in [2.45, 2.75) is 25.3 Å². The lowest BCUT2D eigenvalue weighted by Gasteiger charge is -2.06. The topological polar surface area (TPSA) is 40.7 Å². The fourth-order valence-electron chi connectivity index (χ4n) is 2.19. The zero-order chi connectivity index (χ0) is 10.8. The molecule has 0 radical (unpaired) electrons. The van der Waals surface area contributed by atoms with E-state index in [4.69, 9.17) is 0 Å². The Balaban J connectivity index is 1.72. The second-order valence-corrected chi connectivity index (χ2v) is 5.17. The van der Waals surface area contributed by atoms with E-state index in [2.05, 4.69) is 32.8 Å². The van der Waals surface area contributed by atoms with E-state index in [9.17, 15) is 0 Å². The average molecular weight is 233 g/mol. The number of nitrogens with zero attached hydrogens (tertiary/aromatic N) is 1. The van der Waals surface area contributed by atoms with Crippen LogP contribution in [-0.2, 0) is 6.42 Å². The molecular formula is C12H15N3S. The van der Waals surface area contributed by atoms with E-state index in [1.165, 1.54) is 17.7 Å². The van der Waals surface area contributed by atoms with Crippen LogP contribution in [0.4, 0.5) is 0 Å². The number of hydrogen-bond donors (Lipinski definition) is 2. The third kappa shape index (κ3) is 2.03. The molecule has 1 unspecified atom stereocenters. The molecule has 0 bridgehead atoms. The Morgan fingerprint density at radius 3 is 3.25 bits per heavy atom. The lowest BCUT2D eigenvalue weighted by molar-refractivity contribution is 0.589. The van der Waals surface area contributed by atoms with Crippen LogP contribution in [0.3, 0.4) is 0 Å². The highest BCUT2D eigenvalue weighted by molar-refractivity contribution is 7.13. The summed E-state index contributed by atoms with van der Waals surface area (Å²) in [5.74, 6) is 1.10. The normalized spacial score (nSPS) is 20.4. The van der Waals surface area contributed by atoms with Crippen molar-refractivity contribution in [2.75, 3.05) is 6.54 Å². The first-order chi connectivity index (χ1) is 7.92. The molecule has 1 aliphatic rings. The second kappa shape index (κ2) is 4.39. The molecule has 3 nitrogen and oxygen atoms in total. The summed E-state index contributed by atoms with van der Waals surface area (Å²) in [6, 6.07) is 4.80. The minimum Gasteiger partial charge on any atom is -0.341 e. The highest BCUT2D eigenvalue weighted by Gasteiger charge is 2.16. The minimum atomic E-state index is 0.613. The van der Waals surface area contributed by atoms with Crippen molar-refractivity contribution in [2.24, 2.45) is 0 Å². The van der Waals surface area contributed by atoms with Crippen molar-refractivity contribution >= 4 is 11.3 Å². The molecule has 84 valence electrons. The summed E-state index contributed by atoms with van der Waals surface area (Å²) in [7, 11) is 0. The highest BCUT2D eigenvalue weighted by Crippen LogP contribution is 2.23. The Kier molecular flexibility index (Phi) is 2.76. The first-order valence-corrected chi connectivity index (χ1v) is 6.61. The molecule has 1 aliphatic heterocycles. The molecule has 16 heavy (non-hydrogen) atoms. The van der Waals surface area contributed by atoms with Gasteiger partial charge in [-0.2, -0.15) is 0 Å². The van der Waals surface area contributed by atoms with Gasteiger partial charge in [0.2, 0.25) is 0 Å². The maximum Gasteiger partial charge on any atom is 0.108 e. The van der Waals surface area contributed by atoms with Crippen LogP contribution in [-0.4, -0.2) is 22.6 Å². The van der Waals surface area contributed by atoms with E-state index < -0.39 is 0 Å². The number of rotatable bonds is 3. The van der Waals surface area contributed by atoms with E-state index in [1.54, 1.807) is 11.3 Å². The number of H-pyrrole nitrogens is 1. The van der Waals surface area contributed by atoms with E-state index in [0.717, 1.165) is 24.5 Å². The fraction of sp³-hybridized carbons (Fsp3) is 0.417. The minimum absolute atomic E-state index is 0.613. The number of aromatic nitrogens is 2. The number of nitrogens with one attached hydrogen (secondary N) is 2. The smallest absolute Gasteiger partial charge is 0.108 e. The van der Waals surface area contributed by atoms with Crippen LogP contribution in [0.15, 0.2) is 23.7 Å². The SMILES string of the molecule is c1csc(-c2cnc(CC3CCCN3)[nH]2)c1. The van der Waals surface area contributed by atoms with Crippen LogP contribution >= 0.6 is 11.3 Å². The molecule has 2 aromatic rings. The molecule has 0 saturated carbocycles. The van der Waals surface area contributed by atoms with Crippen molar-refractivity contribution < 1.29 is 0 Å². The molecule has 3 heterocycles. The molecule has 0 amide bonds. The van der Waals surface area contributed by atoms with Gasteiger partial charge in [-0.25, -0.2) is 4.98 Å². The van der Waals surface area contributed by atoms with Gasteiger partial charge in [-0.05, 0) is 30.8 Å². The fourth-order valence-corrected chi connectivity index (χ4v) is 2.88. The van der Waals surface area contributed by atoms with E-state index in [0.29, 0.717) is 6.04 Å². The van der Waals surface area contributed by atoms with Crippen LogP contribution in [0.25, 0.3) is 10.6 Å². The monoisotopic (exact) mass is 233 g/mol. The van der Waals surface area contributed by atoms with Gasteiger partial charge in [-0.1, -0.05) is 6.07 Å². The summed E-state index contributed by atoms with van der Waals surface area (Å²) in [5.41, 5.74) is 1.14. The van der Waals surface area contributed by atoms with Gasteiger partial charge in [-0.3, -0.25) is 0 Å². The summed E-state index contributed by atoms with van der Waals surface area (Å²) in [5, 5.41) is 5.58. The summed E-state index contributed by atoms with van der Waals surface area (Å²) in [4.78, 5) is 9.11. The summed E-state index contributed by atoms with van der Waals surface area (Å²) in [6.07, 6.45) is 5.53. The molecule has 4 heteroatoms. The van der Waals surface area contributed by atoms with Gasteiger partial charge in [-0.15, -0.1) is 11.3 Å². The van der Waals surface area contributed by atoms with E-state index in [1.807, 2.05) is 6.20 Å². The van der Waals surface area contributed by atoms with Crippen LogP contribution in [0, 0.1) is 0 Å². The average Bonchev–Trinajstić information content (AvgIpc) is 2.99. The van der Waals surface area contributed by atoms with Crippen molar-refractivity contribution in [1.29, 1.82) is 0 Å². The molecular weight excluding hydrogens is 218 g/mol. The summed E-state index contributed by atoms with van der Waals surface area (Å²) >= 11 is 1.75. The number of aromatic amines is 1. The predicted octanol–water partition coefficient (Wildman–Crippen LogP) is 2.43. The first-order valence-electron chi connectivity index (χ1n) is 5.73. The quantitative estimate of drug-likeness (QED) is 0.855. The van der Waals surface area contributed by atoms with Gasteiger partial charge in [0, 0.05) is 12.5 Å². The second-order valence-electron chi connectivity index (χ2n) is 4.22. The molecule has 0 aromatic carbocycles. The third-order valence-corrected chi connectivity index (χ3v) is 3.92. The Bertz CT molecular complexity index is 441. The summed E-state index contributed by atoms with van der Waals surface area (Å²) < 4.78 is 0. The van der Waals surface area contributed by atoms with Gasteiger partial charge in [0.15, 0.2) is 0 Å². The molecule has 1 fully saturated rings. The molecule has 1 atom stereocenters. The largest absolute Gasteiger partial charge is 0.341 e. The Morgan fingerprint density at radius 2 is 2.50 bits per heavy atom. The predicted molar refractivity (Wildman–Crippen MR) is 66.6 cm³/mol. The van der Waals surface area contributed by atoms with Gasteiger partial charge in [0.25, 0.3) is 0 Å². The molecule has 3 rings (SSSR count). The lowest BCUT2D eigenvalue weighted by Crippen LogP contribution is -2.24. The number of thiophene rings is 1. The molecule has 1 saturated heterocycles. The maximum absolute atomic E-state index is 4.45. The maximum atomic E-state index is 4.45. The summed E-state index contributed by atoms with van der Waals surface area (Å²) in [6.45, 7) is 1.16. The highest BCUT2D eigenvalue weighted by atomic mass is 32.1. The standard InChI is InChI=1S/C12H15N3S/c1-3-9(13-5-1)7-12-14-8-10(15-12)11-4-2-6-16-11/h2,4,6,8-9,13H,1,3,5,7H2,(H,14,15). The van der Waals surface area contributed by atoms with Crippen LogP contribution in [0.2, 0.25) is 0 Å². The molecule has 2 N–H and O–H groups in total. The molecule has 2 aromatic heterocycles. The zero-order valence-electron chi connectivity index (χ0n) is 9.07. The number of imidazole rings is 1. The van der Waals surface area contributed by atoms with Crippen LogP contribution in [0.1, 0.15) is 18.7 Å². The van der Waals surface area contributed by atoms with Gasteiger partial charge < -0.3 is 10.3 Å². The molecule has 0 aliphatic carbocycles.